The van der Waals surface area contributed by atoms with Crippen molar-refractivity contribution in [3.63, 3.8) is 0 Å². The van der Waals surface area contributed by atoms with Crippen molar-refractivity contribution in [2.24, 2.45) is 34.5 Å². The monoisotopic (exact) mass is 808 g/mol. The number of methoxy groups -OCH3 is 2. The fourth-order valence-corrected chi connectivity index (χ4v) is 9.31. The van der Waals surface area contributed by atoms with Crippen LogP contribution in [0.15, 0.2) is 5.11 Å². The summed E-state index contributed by atoms with van der Waals surface area (Å²) in [5.74, 6) is -1.57. The molecular formula is C35H69N9O12. The molecule has 0 aromatic carbocycles. The lowest BCUT2D eigenvalue weighted by Gasteiger charge is -2.51. The maximum Gasteiger partial charge on any atom is 0.187 e. The highest BCUT2D eigenvalue weighted by atomic mass is 16.8. The molecular weight excluding hydrogens is 738 g/mol. The van der Waals surface area contributed by atoms with E-state index in [1.165, 1.54) is 7.11 Å². The lowest BCUT2D eigenvalue weighted by Crippen LogP contribution is -2.68. The standard InChI is InChI=1S/C35H69N9O12/c1-38-11-24-18(14-46)20(16-48)27(42-5)34(52-24)54-29-22(40-3)10-21(39-2)28(49-6)31(29)56-35-32(50-7)30(25(53-35)12-43-44-37)55-33-26(41-4)19(15-47)17(13-45)23(51-33)8-9-36/h17-35,38-42,45-48H,8-16,36H2,1-7H3. The number of hydrogen-bond acceptors (Lipinski definition) is 19. The van der Waals surface area contributed by atoms with Crippen LogP contribution in [-0.2, 0) is 37.9 Å². The average Bonchev–Trinajstić information content (AvgIpc) is 3.54. The number of likely N-dealkylation sites (N-methyl/N-ethyl adjacent to an activating group) is 5. The maximum absolute atomic E-state index is 10.5. The molecule has 0 aromatic rings. The zero-order chi connectivity index (χ0) is 40.9. The minimum absolute atomic E-state index is 0.121. The van der Waals surface area contributed by atoms with Gasteiger partial charge in [0.25, 0.3) is 0 Å². The Balaban J connectivity index is 1.69. The Morgan fingerprint density at radius 1 is 0.643 bits per heavy atom. The van der Waals surface area contributed by atoms with Crippen LogP contribution >= 0.6 is 0 Å². The van der Waals surface area contributed by atoms with E-state index in [1.807, 2.05) is 14.1 Å². The molecule has 326 valence electrons. The Bertz CT molecular complexity index is 1190. The summed E-state index contributed by atoms with van der Waals surface area (Å²) in [7, 11) is 12.1. The highest BCUT2D eigenvalue weighted by Crippen LogP contribution is 2.39. The van der Waals surface area contributed by atoms with Gasteiger partial charge in [-0.1, -0.05) is 5.11 Å². The second-order valence-electron chi connectivity index (χ2n) is 14.9. The molecule has 21 heteroatoms. The van der Waals surface area contributed by atoms with Gasteiger partial charge in [0.05, 0.1) is 36.9 Å². The third-order valence-electron chi connectivity index (χ3n) is 12.2. The maximum atomic E-state index is 10.5. The van der Waals surface area contributed by atoms with Crippen LogP contribution in [-0.4, -0.2) is 208 Å². The van der Waals surface area contributed by atoms with E-state index >= 15 is 0 Å². The summed E-state index contributed by atoms with van der Waals surface area (Å²) in [6.07, 6.45) is -7.54. The second-order valence-corrected chi connectivity index (χ2v) is 14.9. The largest absolute Gasteiger partial charge is 0.396 e. The first-order chi connectivity index (χ1) is 27.2. The topological polar surface area (TPSA) is 290 Å². The number of aliphatic hydroxyl groups excluding tert-OH is 4. The molecule has 4 fully saturated rings. The summed E-state index contributed by atoms with van der Waals surface area (Å²) in [6, 6.07) is -1.50. The average molecular weight is 808 g/mol. The Morgan fingerprint density at radius 2 is 1.14 bits per heavy atom. The Hall–Kier alpha value is -1.41. The molecule has 19 atom stereocenters. The molecule has 56 heavy (non-hydrogen) atoms. The van der Waals surface area contributed by atoms with Gasteiger partial charge in [-0.15, -0.1) is 0 Å². The number of nitrogens with zero attached hydrogens (tertiary/aromatic N) is 3. The number of azide groups is 1. The molecule has 19 unspecified atom stereocenters. The molecule has 0 bridgehead atoms. The molecule has 4 rings (SSSR count). The third-order valence-corrected chi connectivity index (χ3v) is 12.2. The van der Waals surface area contributed by atoms with Crippen LogP contribution in [0, 0.1) is 23.7 Å². The molecule has 3 aliphatic heterocycles. The quantitative estimate of drug-likeness (QED) is 0.0287. The smallest absolute Gasteiger partial charge is 0.187 e. The van der Waals surface area contributed by atoms with E-state index in [0.717, 1.165) is 0 Å². The molecule has 21 nitrogen and oxygen atoms in total. The third kappa shape index (κ3) is 10.3. The summed E-state index contributed by atoms with van der Waals surface area (Å²) in [6.45, 7) is -0.231. The van der Waals surface area contributed by atoms with Crippen LogP contribution in [0.25, 0.3) is 10.4 Å². The van der Waals surface area contributed by atoms with Crippen molar-refractivity contribution in [1.29, 1.82) is 0 Å². The molecule has 3 saturated heterocycles. The SMILES string of the molecule is CNCC1OC(OC2C(NC)CC(NC)C(OC)C2OC2OC(CN=[N+]=[N-])C(OC3OC(CCN)C(CO)C(CO)C3NC)C2OC)C(NC)C(CO)C1CO. The molecule has 0 spiro atoms. The second kappa shape index (κ2) is 23.4. The van der Waals surface area contributed by atoms with Gasteiger partial charge in [0.1, 0.15) is 30.5 Å². The Morgan fingerprint density at radius 3 is 1.62 bits per heavy atom. The van der Waals surface area contributed by atoms with Crippen molar-refractivity contribution in [2.45, 2.75) is 105 Å². The Labute approximate surface area is 329 Å². The number of nitrogens with one attached hydrogen (secondary N) is 5. The van der Waals surface area contributed by atoms with Crippen LogP contribution in [0.1, 0.15) is 12.8 Å². The van der Waals surface area contributed by atoms with Crippen molar-refractivity contribution in [3.8, 4) is 0 Å². The van der Waals surface area contributed by atoms with Gasteiger partial charge in [-0.3, -0.25) is 0 Å². The predicted octanol–water partition coefficient (Wildman–Crippen LogP) is -3.59. The summed E-state index contributed by atoms with van der Waals surface area (Å²) in [4.78, 5) is 2.96. The fourth-order valence-electron chi connectivity index (χ4n) is 9.31. The summed E-state index contributed by atoms with van der Waals surface area (Å²) < 4.78 is 52.2. The number of aliphatic hydroxyl groups is 4. The van der Waals surface area contributed by atoms with Gasteiger partial charge in [-0.25, -0.2) is 0 Å². The molecule has 1 saturated carbocycles. The zero-order valence-electron chi connectivity index (χ0n) is 33.8. The van der Waals surface area contributed by atoms with Gasteiger partial charge in [0, 0.05) is 87.9 Å². The highest BCUT2D eigenvalue weighted by molar-refractivity contribution is 5.04. The lowest BCUT2D eigenvalue weighted by molar-refractivity contribution is -0.307. The normalized spacial score (nSPS) is 43.1. The van der Waals surface area contributed by atoms with Crippen LogP contribution < -0.4 is 32.3 Å². The van der Waals surface area contributed by atoms with Crippen molar-refractivity contribution < 1.29 is 58.3 Å². The van der Waals surface area contributed by atoms with E-state index in [1.54, 1.807) is 28.3 Å². The number of nitrogens with two attached hydrogens (primary N) is 1. The summed E-state index contributed by atoms with van der Waals surface area (Å²) in [5, 5.41) is 61.7. The van der Waals surface area contributed by atoms with Crippen molar-refractivity contribution in [1.82, 2.24) is 26.6 Å². The van der Waals surface area contributed by atoms with E-state index in [-0.39, 0.29) is 56.9 Å². The van der Waals surface area contributed by atoms with Crippen molar-refractivity contribution in [3.05, 3.63) is 10.4 Å². The summed E-state index contributed by atoms with van der Waals surface area (Å²) in [5.41, 5.74) is 15.2. The molecule has 3 heterocycles. The van der Waals surface area contributed by atoms with E-state index in [0.29, 0.717) is 25.9 Å². The first-order valence-electron chi connectivity index (χ1n) is 19.7. The van der Waals surface area contributed by atoms with Crippen LogP contribution in [0.2, 0.25) is 0 Å². The Kier molecular flexibility index (Phi) is 19.8. The van der Waals surface area contributed by atoms with Crippen LogP contribution in [0.4, 0.5) is 0 Å². The minimum atomic E-state index is -1.09. The predicted molar refractivity (Wildman–Crippen MR) is 202 cm³/mol. The molecule has 0 amide bonds. The van der Waals surface area contributed by atoms with Gasteiger partial charge in [-0.05, 0) is 60.2 Å². The lowest BCUT2D eigenvalue weighted by atomic mass is 9.79. The van der Waals surface area contributed by atoms with Gasteiger partial charge in [0.15, 0.2) is 18.9 Å². The van der Waals surface area contributed by atoms with E-state index in [2.05, 4.69) is 36.6 Å². The molecule has 0 radical (unpaired) electrons. The van der Waals surface area contributed by atoms with E-state index in [4.69, 9.17) is 43.6 Å². The first-order valence-corrected chi connectivity index (χ1v) is 19.7. The minimum Gasteiger partial charge on any atom is -0.396 e. The molecule has 4 aliphatic rings. The van der Waals surface area contributed by atoms with E-state index < -0.39 is 91.6 Å². The van der Waals surface area contributed by atoms with Gasteiger partial charge in [0.2, 0.25) is 0 Å². The van der Waals surface area contributed by atoms with Crippen molar-refractivity contribution >= 4 is 0 Å². The van der Waals surface area contributed by atoms with Gasteiger partial charge in [-0.2, -0.15) is 0 Å². The van der Waals surface area contributed by atoms with Gasteiger partial charge < -0.3 is 90.6 Å². The van der Waals surface area contributed by atoms with Gasteiger partial charge >= 0.3 is 0 Å². The molecule has 1 aliphatic carbocycles. The summed E-state index contributed by atoms with van der Waals surface area (Å²) >= 11 is 0. The van der Waals surface area contributed by atoms with E-state index in [9.17, 15) is 26.0 Å². The number of hydrogen-bond donors (Lipinski definition) is 10. The molecule has 0 aromatic heterocycles. The number of ether oxygens (including phenoxy) is 8. The molecule has 11 N–H and O–H groups in total. The fraction of sp³-hybridized carbons (Fsp3) is 1.00. The zero-order valence-corrected chi connectivity index (χ0v) is 33.8. The van der Waals surface area contributed by atoms with Crippen LogP contribution in [0.3, 0.4) is 0 Å². The highest BCUT2D eigenvalue weighted by Gasteiger charge is 2.56. The number of rotatable bonds is 22. The van der Waals surface area contributed by atoms with Crippen molar-refractivity contribution in [2.75, 3.05) is 95.5 Å². The first kappa shape index (κ1) is 47.3. The van der Waals surface area contributed by atoms with Crippen LogP contribution in [0.5, 0.6) is 0 Å².